The minimum absolute atomic E-state index is 0.129. The number of carbonyl (C=O) groups excluding carboxylic acids is 3. The van der Waals surface area contributed by atoms with E-state index in [0.717, 1.165) is 16.3 Å². The van der Waals surface area contributed by atoms with Gasteiger partial charge in [0.15, 0.2) is 0 Å². The van der Waals surface area contributed by atoms with Crippen LogP contribution in [0.3, 0.4) is 0 Å². The molecule has 0 aromatic heterocycles. The van der Waals surface area contributed by atoms with E-state index in [9.17, 15) is 14.4 Å². The number of benzene rings is 3. The first-order valence-corrected chi connectivity index (χ1v) is 11.0. The first-order valence-electron chi connectivity index (χ1n) is 11.0. The normalized spacial score (nSPS) is 16.2. The van der Waals surface area contributed by atoms with Gasteiger partial charge in [0.05, 0.1) is 18.1 Å². The topological polar surface area (TPSA) is 75.7 Å². The molecule has 0 saturated carbocycles. The molecule has 1 aliphatic rings. The molecular formula is C27H26N2O4. The molecule has 6 nitrogen and oxygen atoms in total. The van der Waals surface area contributed by atoms with Crippen molar-refractivity contribution in [2.24, 2.45) is 5.92 Å². The molecule has 0 aliphatic carbocycles. The van der Waals surface area contributed by atoms with Crippen molar-refractivity contribution in [3.05, 3.63) is 83.6 Å². The van der Waals surface area contributed by atoms with Crippen molar-refractivity contribution in [1.82, 2.24) is 0 Å². The number of carbonyl (C=O) groups is 3. The minimum Gasteiger partial charge on any atom is -0.463 e. The summed E-state index contributed by atoms with van der Waals surface area (Å²) < 4.78 is 5.28. The molecule has 0 spiro atoms. The van der Waals surface area contributed by atoms with Crippen LogP contribution in [-0.2, 0) is 19.1 Å². The van der Waals surface area contributed by atoms with Crippen LogP contribution in [0.4, 0.5) is 11.4 Å². The molecule has 2 amide bonds. The smallest absolute Gasteiger partial charge is 0.336 e. The van der Waals surface area contributed by atoms with Gasteiger partial charge in [-0.3, -0.25) is 14.5 Å². The summed E-state index contributed by atoms with van der Waals surface area (Å²) in [4.78, 5) is 41.0. The van der Waals surface area contributed by atoms with Crippen molar-refractivity contribution in [3.63, 3.8) is 0 Å². The molecule has 1 aliphatic heterocycles. The number of fused-ring (bicyclic) bond motifs is 1. The second-order valence-corrected chi connectivity index (χ2v) is 8.06. The maximum Gasteiger partial charge on any atom is 0.336 e. The van der Waals surface area contributed by atoms with Crippen LogP contribution in [0.1, 0.15) is 25.8 Å². The van der Waals surface area contributed by atoms with Crippen LogP contribution in [0, 0.1) is 12.8 Å². The zero-order valence-electron chi connectivity index (χ0n) is 18.9. The Kier molecular flexibility index (Phi) is 6.27. The van der Waals surface area contributed by atoms with Crippen LogP contribution in [0.5, 0.6) is 0 Å². The molecule has 0 radical (unpaired) electrons. The maximum absolute atomic E-state index is 13.4. The highest BCUT2D eigenvalue weighted by molar-refractivity contribution is 6.12. The quantitative estimate of drug-likeness (QED) is 0.566. The number of hydrogen-bond donors (Lipinski definition) is 1. The third-order valence-corrected chi connectivity index (χ3v) is 5.85. The molecule has 0 bridgehead atoms. The lowest BCUT2D eigenvalue weighted by Gasteiger charge is -2.33. The second-order valence-electron chi connectivity index (χ2n) is 8.06. The second kappa shape index (κ2) is 9.28. The monoisotopic (exact) mass is 442 g/mol. The summed E-state index contributed by atoms with van der Waals surface area (Å²) in [7, 11) is 0. The minimum atomic E-state index is -0.947. The first kappa shape index (κ1) is 22.3. The van der Waals surface area contributed by atoms with Gasteiger partial charge in [-0.25, -0.2) is 4.79 Å². The average molecular weight is 443 g/mol. The lowest BCUT2D eigenvalue weighted by atomic mass is 9.88. The Balaban J connectivity index is 1.73. The number of ether oxygens (including phenoxy) is 1. The van der Waals surface area contributed by atoms with Crippen LogP contribution in [0.25, 0.3) is 10.8 Å². The van der Waals surface area contributed by atoms with Gasteiger partial charge in [-0.05, 0) is 44.4 Å². The number of aryl methyl sites for hydroxylation is 1. The van der Waals surface area contributed by atoms with Gasteiger partial charge in [-0.15, -0.1) is 0 Å². The lowest BCUT2D eigenvalue weighted by Crippen LogP contribution is -2.43. The van der Waals surface area contributed by atoms with Gasteiger partial charge in [0.1, 0.15) is 0 Å². The number of amides is 2. The number of esters is 1. The molecule has 1 heterocycles. The van der Waals surface area contributed by atoms with E-state index >= 15 is 0 Å². The van der Waals surface area contributed by atoms with Crippen molar-refractivity contribution in [2.45, 2.75) is 27.2 Å². The van der Waals surface area contributed by atoms with Crippen LogP contribution in [-0.4, -0.2) is 24.4 Å². The summed E-state index contributed by atoms with van der Waals surface area (Å²) >= 11 is 0. The molecule has 1 N–H and O–H groups in total. The van der Waals surface area contributed by atoms with Gasteiger partial charge in [0, 0.05) is 28.9 Å². The van der Waals surface area contributed by atoms with Crippen molar-refractivity contribution in [3.8, 4) is 0 Å². The van der Waals surface area contributed by atoms with E-state index in [1.54, 1.807) is 13.8 Å². The predicted molar refractivity (Wildman–Crippen MR) is 129 cm³/mol. The molecule has 0 saturated heterocycles. The van der Waals surface area contributed by atoms with E-state index in [1.807, 2.05) is 73.7 Å². The van der Waals surface area contributed by atoms with E-state index in [-0.39, 0.29) is 24.5 Å². The third-order valence-electron chi connectivity index (χ3n) is 5.85. The summed E-state index contributed by atoms with van der Waals surface area (Å²) in [5.41, 5.74) is 2.95. The van der Waals surface area contributed by atoms with E-state index < -0.39 is 17.8 Å². The third kappa shape index (κ3) is 4.37. The summed E-state index contributed by atoms with van der Waals surface area (Å²) in [6.45, 7) is 5.53. The summed E-state index contributed by atoms with van der Waals surface area (Å²) in [6.07, 6.45) is -0.129. The number of hydrogen-bond acceptors (Lipinski definition) is 4. The van der Waals surface area contributed by atoms with E-state index in [1.165, 1.54) is 4.90 Å². The average Bonchev–Trinajstić information content (AvgIpc) is 2.80. The van der Waals surface area contributed by atoms with Crippen molar-refractivity contribution in [1.29, 1.82) is 0 Å². The van der Waals surface area contributed by atoms with Crippen LogP contribution >= 0.6 is 0 Å². The number of rotatable bonds is 5. The summed E-state index contributed by atoms with van der Waals surface area (Å²) in [5, 5.41) is 4.80. The fourth-order valence-electron chi connectivity index (χ4n) is 4.24. The van der Waals surface area contributed by atoms with Crippen molar-refractivity contribution < 1.29 is 19.1 Å². The Hall–Kier alpha value is -3.93. The van der Waals surface area contributed by atoms with Gasteiger partial charge in [0.25, 0.3) is 0 Å². The fourth-order valence-corrected chi connectivity index (χ4v) is 4.24. The Labute approximate surface area is 192 Å². The Morgan fingerprint density at radius 1 is 1.00 bits per heavy atom. The number of anilines is 2. The molecule has 0 fully saturated rings. The zero-order chi connectivity index (χ0) is 23.5. The molecule has 6 heteroatoms. The molecular weight excluding hydrogens is 416 g/mol. The molecule has 3 aromatic rings. The largest absolute Gasteiger partial charge is 0.463 e. The number of allylic oxidation sites excluding steroid dienone is 1. The lowest BCUT2D eigenvalue weighted by molar-refractivity contribution is -0.141. The van der Waals surface area contributed by atoms with Gasteiger partial charge in [0.2, 0.25) is 11.8 Å². The van der Waals surface area contributed by atoms with E-state index in [0.29, 0.717) is 17.1 Å². The van der Waals surface area contributed by atoms with Gasteiger partial charge in [-0.1, -0.05) is 54.1 Å². The Bertz CT molecular complexity index is 1260. The van der Waals surface area contributed by atoms with E-state index in [2.05, 4.69) is 5.32 Å². The maximum atomic E-state index is 13.4. The van der Waals surface area contributed by atoms with Crippen molar-refractivity contribution >= 4 is 39.9 Å². The van der Waals surface area contributed by atoms with Crippen molar-refractivity contribution in [2.75, 3.05) is 16.8 Å². The molecule has 1 atom stereocenters. The predicted octanol–water partition coefficient (Wildman–Crippen LogP) is 4.98. The number of nitrogens with zero attached hydrogens (tertiary/aromatic N) is 1. The summed E-state index contributed by atoms with van der Waals surface area (Å²) in [5.74, 6) is -2.19. The molecule has 3 aromatic carbocycles. The van der Waals surface area contributed by atoms with Gasteiger partial charge < -0.3 is 10.1 Å². The van der Waals surface area contributed by atoms with Gasteiger partial charge in [-0.2, -0.15) is 0 Å². The molecule has 4 rings (SSSR count). The Morgan fingerprint density at radius 3 is 2.42 bits per heavy atom. The Morgan fingerprint density at radius 2 is 1.70 bits per heavy atom. The highest BCUT2D eigenvalue weighted by atomic mass is 16.5. The first-order chi connectivity index (χ1) is 15.9. The highest BCUT2D eigenvalue weighted by Crippen LogP contribution is 2.35. The van der Waals surface area contributed by atoms with Gasteiger partial charge >= 0.3 is 5.97 Å². The zero-order valence-corrected chi connectivity index (χ0v) is 18.9. The highest BCUT2D eigenvalue weighted by Gasteiger charge is 2.40. The standard InChI is InChI=1S/C27H26N2O4/c1-4-33-27(32)25-18(3)29(20-14-12-17(2)13-15-20)24(30)16-22(25)26(31)28-23-11-7-9-19-8-5-6-10-21(19)23/h5-15,22H,4,16H2,1-3H3,(H,28,31)/t22-/m1/s1. The van der Waals surface area contributed by atoms with Crippen LogP contribution in [0.2, 0.25) is 0 Å². The SMILES string of the molecule is CCOC(=O)C1=C(C)N(c2ccc(C)cc2)C(=O)C[C@H]1C(=O)Nc1cccc2ccccc12. The summed E-state index contributed by atoms with van der Waals surface area (Å²) in [6, 6.07) is 20.8. The molecule has 33 heavy (non-hydrogen) atoms. The van der Waals surface area contributed by atoms with Crippen LogP contribution in [0.15, 0.2) is 78.0 Å². The molecule has 168 valence electrons. The molecule has 0 unspecified atom stereocenters. The van der Waals surface area contributed by atoms with Crippen LogP contribution < -0.4 is 10.2 Å². The number of nitrogens with one attached hydrogen (secondary N) is 1. The van der Waals surface area contributed by atoms with E-state index in [4.69, 9.17) is 4.74 Å². The fraction of sp³-hybridized carbons (Fsp3) is 0.222.